The number of carboxylic acids is 1. The lowest BCUT2D eigenvalue weighted by molar-refractivity contribution is -0.0593. The number of imidazole rings is 2. The van der Waals surface area contributed by atoms with E-state index in [1.54, 1.807) is 18.2 Å². The molecule has 0 saturated carbocycles. The summed E-state index contributed by atoms with van der Waals surface area (Å²) >= 11 is 12.4. The van der Waals surface area contributed by atoms with E-state index < -0.39 is 11.6 Å². The predicted molar refractivity (Wildman–Crippen MR) is 341 cm³/mol. The number of pyridine rings is 2. The van der Waals surface area contributed by atoms with Gasteiger partial charge in [0.05, 0.1) is 96.2 Å². The van der Waals surface area contributed by atoms with Crippen molar-refractivity contribution in [1.82, 2.24) is 38.9 Å². The van der Waals surface area contributed by atoms with Gasteiger partial charge in [0.1, 0.15) is 28.7 Å². The van der Waals surface area contributed by atoms with Gasteiger partial charge in [0.25, 0.3) is 0 Å². The maximum Gasteiger partial charge on any atom is 0.338 e. The first-order valence-electron chi connectivity index (χ1n) is 31.0. The number of esters is 1. The molecule has 16 nitrogen and oxygen atoms in total. The van der Waals surface area contributed by atoms with Gasteiger partial charge in [-0.3, -0.25) is 19.8 Å². The molecule has 2 fully saturated rings. The minimum atomic E-state index is -0.931. The van der Waals surface area contributed by atoms with Gasteiger partial charge in [-0.1, -0.05) is 59.6 Å². The topological polar surface area (TPSA) is 168 Å². The van der Waals surface area contributed by atoms with Crippen molar-refractivity contribution in [3.8, 4) is 11.5 Å². The van der Waals surface area contributed by atoms with Gasteiger partial charge < -0.3 is 37.9 Å². The number of hydrogen-bond donors (Lipinski definition) is 1. The van der Waals surface area contributed by atoms with Crippen LogP contribution in [-0.2, 0) is 53.2 Å². The van der Waals surface area contributed by atoms with E-state index >= 15 is 0 Å². The van der Waals surface area contributed by atoms with Crippen molar-refractivity contribution in [1.29, 1.82) is 0 Å². The maximum absolute atomic E-state index is 12.9. The highest BCUT2D eigenvalue weighted by Gasteiger charge is 2.29. The Hall–Kier alpha value is -7.44. The molecule has 2 saturated heterocycles. The molecule has 4 aromatic carbocycles. The lowest BCUT2D eigenvalue weighted by atomic mass is 9.89. The number of aromatic nitrogens is 6. The van der Waals surface area contributed by atoms with E-state index in [9.17, 15) is 14.7 Å². The average molecular weight is 1230 g/mol. The number of carboxylic acid groups (broad SMARTS) is 1. The number of fused-ring (bicyclic) bond motifs is 4. The second-order valence-corrected chi connectivity index (χ2v) is 25.8. The molecular weight excluding hydrogens is 1150 g/mol. The number of hydrogen-bond acceptors (Lipinski definition) is 13. The van der Waals surface area contributed by atoms with Crippen LogP contribution in [0, 0.1) is 0 Å². The summed E-state index contributed by atoms with van der Waals surface area (Å²) in [7, 11) is 0. The molecule has 1 N–H and O–H groups in total. The molecule has 6 aliphatic heterocycles. The number of aromatic carboxylic acids is 1. The van der Waals surface area contributed by atoms with Crippen LogP contribution in [0.25, 0.3) is 33.2 Å². The van der Waals surface area contributed by atoms with E-state index in [4.69, 9.17) is 66.8 Å². The second-order valence-electron chi connectivity index (χ2n) is 25.0. The Morgan fingerprint density at radius 3 is 1.50 bits per heavy atom. The van der Waals surface area contributed by atoms with Crippen LogP contribution >= 0.6 is 23.2 Å². The Kier molecular flexibility index (Phi) is 17.6. The quantitative estimate of drug-likeness (QED) is 0.0907. The first-order valence-corrected chi connectivity index (χ1v) is 31.7. The van der Waals surface area contributed by atoms with E-state index in [0.29, 0.717) is 60.3 Å². The first kappa shape index (κ1) is 59.5. The first-order chi connectivity index (χ1) is 42.7. The van der Waals surface area contributed by atoms with Gasteiger partial charge in [-0.05, 0) is 191 Å². The molecule has 4 aromatic heterocycles. The largest absolute Gasteiger partial charge is 0.493 e. The fourth-order valence-corrected chi connectivity index (χ4v) is 13.1. The van der Waals surface area contributed by atoms with Crippen LogP contribution < -0.4 is 9.47 Å². The molecule has 88 heavy (non-hydrogen) atoms. The van der Waals surface area contributed by atoms with Crippen molar-refractivity contribution < 1.29 is 38.4 Å². The van der Waals surface area contributed by atoms with Crippen LogP contribution in [-0.4, -0.2) is 126 Å². The lowest BCUT2D eigenvalue weighted by Gasteiger charge is -2.29. The van der Waals surface area contributed by atoms with Crippen molar-refractivity contribution in [3.05, 3.63) is 188 Å². The van der Waals surface area contributed by atoms with E-state index in [1.165, 1.54) is 22.3 Å². The third-order valence-electron chi connectivity index (χ3n) is 17.7. The molecule has 18 heteroatoms. The summed E-state index contributed by atoms with van der Waals surface area (Å²) in [5, 5.41) is 10.9. The van der Waals surface area contributed by atoms with Crippen LogP contribution in [0.4, 0.5) is 0 Å². The Morgan fingerprint density at radius 2 is 1.07 bits per heavy atom. The van der Waals surface area contributed by atoms with Gasteiger partial charge in [0.15, 0.2) is 0 Å². The fraction of sp³-hybridized carbons (Fsp3) is 0.400. The van der Waals surface area contributed by atoms with Crippen LogP contribution in [0.1, 0.15) is 137 Å². The highest BCUT2D eigenvalue weighted by atomic mass is 35.5. The normalized spacial score (nSPS) is 20.2. The molecule has 6 aliphatic rings. The number of carbonyl (C=O) groups is 2. The molecule has 0 bridgehead atoms. The molecule has 0 spiro atoms. The Bertz CT molecular complexity index is 3970. The van der Waals surface area contributed by atoms with Crippen molar-refractivity contribution in [3.63, 3.8) is 0 Å². The van der Waals surface area contributed by atoms with E-state index in [-0.39, 0.29) is 23.7 Å². The van der Waals surface area contributed by atoms with Crippen LogP contribution in [0.3, 0.4) is 0 Å². The van der Waals surface area contributed by atoms with Gasteiger partial charge >= 0.3 is 11.9 Å². The van der Waals surface area contributed by atoms with Crippen molar-refractivity contribution in [2.75, 3.05) is 52.6 Å². The molecule has 14 rings (SSSR count). The zero-order valence-electron chi connectivity index (χ0n) is 50.1. The van der Waals surface area contributed by atoms with Gasteiger partial charge in [-0.15, -0.1) is 0 Å². The summed E-state index contributed by atoms with van der Waals surface area (Å²) in [6.07, 6.45) is 12.5. The summed E-state index contributed by atoms with van der Waals surface area (Å²) in [5.74, 6) is 3.19. The van der Waals surface area contributed by atoms with Gasteiger partial charge in [-0.25, -0.2) is 19.6 Å². The molecule has 2 unspecified atom stereocenters. The molecule has 0 radical (unpaired) electrons. The zero-order chi connectivity index (χ0) is 60.5. The maximum atomic E-state index is 12.9. The zero-order valence-corrected chi connectivity index (χ0v) is 51.6. The SMILES string of the molecule is CC(C)(C)OC(=O)c1ccc2nc(CN3CC=C(c4cccc(CC5CCOc6cc(Cl)ccc65)n4)CC3)n(C[C@@H]3CCO3)c2c1.O=C(O)c1ccc2nc(CN3CC=C(c4cccc(CC5CCOc6cc(Cl)ccc65)n4)CC3)n(C[C@@H]3CCO3)c2c1. The van der Waals surface area contributed by atoms with E-state index in [2.05, 4.69) is 79.6 Å². The highest BCUT2D eigenvalue weighted by molar-refractivity contribution is 6.31. The smallest absolute Gasteiger partial charge is 0.338 e. The Balaban J connectivity index is 0.000000163. The fourth-order valence-electron chi connectivity index (χ4n) is 12.8. The summed E-state index contributed by atoms with van der Waals surface area (Å²) in [5.41, 5.74) is 13.0. The van der Waals surface area contributed by atoms with E-state index in [0.717, 1.165) is 165 Å². The van der Waals surface area contributed by atoms with Crippen LogP contribution in [0.5, 0.6) is 11.5 Å². The Morgan fingerprint density at radius 1 is 0.591 bits per heavy atom. The molecule has 4 atom stereocenters. The minimum Gasteiger partial charge on any atom is -0.493 e. The Labute approximate surface area is 523 Å². The number of carbonyl (C=O) groups excluding carboxylic acids is 1. The third-order valence-corrected chi connectivity index (χ3v) is 18.1. The summed E-state index contributed by atoms with van der Waals surface area (Å²) in [6.45, 7) is 14.9. The third kappa shape index (κ3) is 13.7. The van der Waals surface area contributed by atoms with Crippen molar-refractivity contribution in [2.24, 2.45) is 0 Å². The number of nitrogens with zero attached hydrogens (tertiary/aromatic N) is 8. The summed E-state index contributed by atoms with van der Waals surface area (Å²) in [6, 6.07) is 35.4. The minimum absolute atomic E-state index is 0.147. The van der Waals surface area contributed by atoms with E-state index in [1.807, 2.05) is 63.2 Å². The average Bonchev–Trinajstić information content (AvgIpc) is 2.96. The molecule has 0 aliphatic carbocycles. The van der Waals surface area contributed by atoms with Gasteiger partial charge in [-0.2, -0.15) is 0 Å². The second kappa shape index (κ2) is 25.9. The lowest BCUT2D eigenvalue weighted by Crippen LogP contribution is -2.33. The van der Waals surface area contributed by atoms with Gasteiger partial charge in [0.2, 0.25) is 0 Å². The van der Waals surface area contributed by atoms with Crippen molar-refractivity contribution in [2.45, 2.75) is 128 Å². The molecule has 8 aromatic rings. The standard InChI is InChI=1S/C37H41ClN4O4.C33H33ClN4O4/c1-37(2,3)46-36(43)26-7-10-32-33(20-26)42(22-29-14-18-44-29)35(40-32)23-41-15-11-24(12-16-41)31-6-4-5-28(39-31)19-25-13-17-45-34-21-27(38)8-9-30(25)34;34-24-5-6-27-22(10-14-42-31(27)18-24)16-25-2-1-3-28(35-25)21-8-12-37(13-9-21)20-32-36-29-7-4-23(33(39)40)17-30(29)38(32)19-26-11-15-41-26/h4-11,20-21,25,29H,12-19,22-23H2,1-3H3;1-8,17-18,22,26H,9-16,19-20H2,(H,39,40)/t25?,29-;22?,26-/m00/s1. The van der Waals surface area contributed by atoms with Crippen molar-refractivity contribution >= 4 is 68.4 Å². The summed E-state index contributed by atoms with van der Waals surface area (Å²) in [4.78, 5) is 49.4. The number of halogens is 2. The monoisotopic (exact) mass is 1220 g/mol. The summed E-state index contributed by atoms with van der Waals surface area (Å²) < 4.78 is 33.3. The number of rotatable bonds is 16. The van der Waals surface area contributed by atoms with Crippen LogP contribution in [0.2, 0.25) is 10.0 Å². The predicted octanol–water partition coefficient (Wildman–Crippen LogP) is 13.2. The number of ether oxygens (including phenoxy) is 5. The number of benzene rings is 4. The van der Waals surface area contributed by atoms with Crippen LogP contribution in [0.15, 0.2) is 121 Å². The highest BCUT2D eigenvalue weighted by Crippen LogP contribution is 2.40. The molecule has 0 amide bonds. The molecular formula is C70H74Cl2N8O8. The molecule has 10 heterocycles. The van der Waals surface area contributed by atoms with Gasteiger partial charge in [0, 0.05) is 60.8 Å². The molecule has 456 valence electrons.